The largest absolute Gasteiger partial charge is 0.490 e. The van der Waals surface area contributed by atoms with E-state index in [0.717, 1.165) is 24.0 Å². The molecule has 1 aliphatic rings. The van der Waals surface area contributed by atoms with Gasteiger partial charge in [0.1, 0.15) is 6.61 Å². The molecule has 1 saturated carbocycles. The van der Waals surface area contributed by atoms with Gasteiger partial charge in [-0.15, -0.1) is 0 Å². The fourth-order valence-electron chi connectivity index (χ4n) is 3.53. The lowest BCUT2D eigenvalue weighted by molar-refractivity contribution is -0.120. The summed E-state index contributed by atoms with van der Waals surface area (Å²) in [6, 6.07) is 13.5. The number of carbonyl (C=O) groups excluding carboxylic acids is 1. The summed E-state index contributed by atoms with van der Waals surface area (Å²) in [7, 11) is 0. The second kappa shape index (κ2) is 12.3. The molecule has 1 fully saturated rings. The smallest absolute Gasteiger partial charge is 0.254 e. The number of carbonyl (C=O) groups is 1. The molecule has 166 valence electrons. The van der Waals surface area contributed by atoms with Crippen molar-refractivity contribution < 1.29 is 14.3 Å². The van der Waals surface area contributed by atoms with Crippen molar-refractivity contribution in [2.45, 2.75) is 51.7 Å². The second-order valence-electron chi connectivity index (χ2n) is 7.53. The van der Waals surface area contributed by atoms with E-state index >= 15 is 0 Å². The highest BCUT2D eigenvalue weighted by Gasteiger charge is 2.13. The molecule has 0 unspecified atom stereocenters. The molecular formula is C24H30ClN3O3. The molecule has 7 heteroatoms. The van der Waals surface area contributed by atoms with Crippen LogP contribution in [0.5, 0.6) is 11.5 Å². The summed E-state index contributed by atoms with van der Waals surface area (Å²) in [5.74, 6) is 1.09. The summed E-state index contributed by atoms with van der Waals surface area (Å²) in [5.41, 5.74) is 4.28. The molecule has 1 aliphatic carbocycles. The van der Waals surface area contributed by atoms with E-state index in [0.29, 0.717) is 35.8 Å². The summed E-state index contributed by atoms with van der Waals surface area (Å²) in [6.45, 7) is 3.04. The van der Waals surface area contributed by atoms with Crippen molar-refractivity contribution in [2.75, 3.05) is 13.2 Å². The van der Waals surface area contributed by atoms with E-state index in [1.165, 1.54) is 19.3 Å². The summed E-state index contributed by atoms with van der Waals surface area (Å²) >= 11 is 6.20. The Bertz CT molecular complexity index is 882. The number of halogens is 1. The third kappa shape index (κ3) is 7.56. The van der Waals surface area contributed by atoms with Crippen LogP contribution in [0.2, 0.25) is 5.02 Å². The Kier molecular flexibility index (Phi) is 9.18. The quantitative estimate of drug-likeness (QED) is 0.412. The first-order chi connectivity index (χ1) is 15.2. The minimum Gasteiger partial charge on any atom is -0.490 e. The highest BCUT2D eigenvalue weighted by molar-refractivity contribution is 6.31. The highest BCUT2D eigenvalue weighted by atomic mass is 35.5. The molecule has 2 aromatic carbocycles. The van der Waals surface area contributed by atoms with Gasteiger partial charge in [0.05, 0.1) is 19.4 Å². The molecule has 31 heavy (non-hydrogen) atoms. The number of nitrogens with zero attached hydrogens (tertiary/aromatic N) is 1. The maximum absolute atomic E-state index is 12.0. The van der Waals surface area contributed by atoms with Crippen molar-refractivity contribution in [1.82, 2.24) is 10.7 Å². The van der Waals surface area contributed by atoms with Crippen LogP contribution in [0.25, 0.3) is 0 Å². The molecule has 0 aliphatic heterocycles. The van der Waals surface area contributed by atoms with Gasteiger partial charge in [0.2, 0.25) is 0 Å². The van der Waals surface area contributed by atoms with Crippen LogP contribution in [0, 0.1) is 0 Å². The van der Waals surface area contributed by atoms with Crippen molar-refractivity contribution in [2.24, 2.45) is 5.10 Å². The predicted molar refractivity (Wildman–Crippen MR) is 124 cm³/mol. The molecule has 0 saturated heterocycles. The van der Waals surface area contributed by atoms with Gasteiger partial charge in [-0.2, -0.15) is 5.10 Å². The van der Waals surface area contributed by atoms with Gasteiger partial charge in [0.25, 0.3) is 5.91 Å². The minimum absolute atomic E-state index is 0.147. The van der Waals surface area contributed by atoms with Gasteiger partial charge in [-0.05, 0) is 49.6 Å². The first kappa shape index (κ1) is 23.1. The van der Waals surface area contributed by atoms with Crippen LogP contribution in [0.3, 0.4) is 0 Å². The van der Waals surface area contributed by atoms with Gasteiger partial charge >= 0.3 is 0 Å². The molecule has 0 aromatic heterocycles. The molecule has 0 spiro atoms. The van der Waals surface area contributed by atoms with Crippen LogP contribution in [-0.4, -0.2) is 31.3 Å². The highest BCUT2D eigenvalue weighted by Crippen LogP contribution is 2.29. The van der Waals surface area contributed by atoms with E-state index in [1.807, 2.05) is 49.4 Å². The van der Waals surface area contributed by atoms with Gasteiger partial charge in [0, 0.05) is 16.6 Å². The Labute approximate surface area is 189 Å². The van der Waals surface area contributed by atoms with Crippen LogP contribution in [0.4, 0.5) is 0 Å². The number of rotatable bonds is 10. The van der Waals surface area contributed by atoms with Gasteiger partial charge < -0.3 is 14.8 Å². The molecule has 2 aromatic rings. The summed E-state index contributed by atoms with van der Waals surface area (Å²) in [6.07, 6.45) is 7.64. The maximum Gasteiger partial charge on any atom is 0.254 e. The third-order valence-corrected chi connectivity index (χ3v) is 5.54. The lowest BCUT2D eigenvalue weighted by atomic mass is 9.95. The Morgan fingerprint density at radius 2 is 1.94 bits per heavy atom. The Balaban J connectivity index is 1.53. The number of benzene rings is 2. The van der Waals surface area contributed by atoms with Crippen molar-refractivity contribution >= 4 is 23.7 Å². The van der Waals surface area contributed by atoms with Crippen LogP contribution in [0.15, 0.2) is 47.6 Å². The van der Waals surface area contributed by atoms with Crippen molar-refractivity contribution in [3.63, 3.8) is 0 Å². The predicted octanol–water partition coefficient (Wildman–Crippen LogP) is 4.69. The number of nitrogens with one attached hydrogen (secondary N) is 2. The van der Waals surface area contributed by atoms with E-state index in [1.54, 1.807) is 6.21 Å². The van der Waals surface area contributed by atoms with Gasteiger partial charge in [-0.3, -0.25) is 4.79 Å². The summed E-state index contributed by atoms with van der Waals surface area (Å²) in [4.78, 5) is 12.0. The zero-order valence-corrected chi connectivity index (χ0v) is 18.7. The number of ether oxygens (including phenoxy) is 2. The number of hydrazone groups is 1. The van der Waals surface area contributed by atoms with E-state index in [-0.39, 0.29) is 12.5 Å². The van der Waals surface area contributed by atoms with Gasteiger partial charge in [-0.1, -0.05) is 49.1 Å². The summed E-state index contributed by atoms with van der Waals surface area (Å²) < 4.78 is 11.6. The average Bonchev–Trinajstić information content (AvgIpc) is 2.79. The van der Waals surface area contributed by atoms with Crippen LogP contribution >= 0.6 is 11.6 Å². The van der Waals surface area contributed by atoms with Crippen molar-refractivity contribution in [3.8, 4) is 11.5 Å². The standard InChI is InChI=1S/C24H30ClN3O3/c1-2-30-23-14-18(12-13-22(23)31-17-19-8-6-7-11-21(19)25)15-27-28-24(29)16-26-20-9-4-3-5-10-20/h6-8,11-15,20,26H,2-5,9-10,16-17H2,1H3,(H,28,29)/b27-15-. The number of hydrogen-bond donors (Lipinski definition) is 2. The van der Waals surface area contributed by atoms with Crippen molar-refractivity contribution in [1.29, 1.82) is 0 Å². The first-order valence-electron chi connectivity index (χ1n) is 10.8. The van der Waals surface area contributed by atoms with E-state index in [9.17, 15) is 4.79 Å². The van der Waals surface area contributed by atoms with E-state index < -0.39 is 0 Å². The maximum atomic E-state index is 12.0. The van der Waals surface area contributed by atoms with Crippen LogP contribution in [-0.2, 0) is 11.4 Å². The molecule has 0 heterocycles. The second-order valence-corrected chi connectivity index (χ2v) is 7.94. The van der Waals surface area contributed by atoms with E-state index in [4.69, 9.17) is 21.1 Å². The summed E-state index contributed by atoms with van der Waals surface area (Å²) in [5, 5.41) is 8.03. The molecular weight excluding hydrogens is 414 g/mol. The molecule has 0 bridgehead atoms. The Morgan fingerprint density at radius 1 is 1.13 bits per heavy atom. The molecule has 1 amide bonds. The fourth-order valence-corrected chi connectivity index (χ4v) is 3.72. The topological polar surface area (TPSA) is 72.0 Å². The zero-order chi connectivity index (χ0) is 21.9. The third-order valence-electron chi connectivity index (χ3n) is 5.17. The first-order valence-corrected chi connectivity index (χ1v) is 11.2. The Hall–Kier alpha value is -2.57. The minimum atomic E-state index is -0.147. The lowest BCUT2D eigenvalue weighted by Gasteiger charge is -2.22. The average molecular weight is 444 g/mol. The molecule has 0 radical (unpaired) electrons. The van der Waals surface area contributed by atoms with Crippen LogP contribution in [0.1, 0.15) is 50.2 Å². The molecule has 2 N–H and O–H groups in total. The normalized spacial score (nSPS) is 14.5. The zero-order valence-electron chi connectivity index (χ0n) is 17.9. The van der Waals surface area contributed by atoms with Crippen LogP contribution < -0.4 is 20.2 Å². The lowest BCUT2D eigenvalue weighted by Crippen LogP contribution is -2.38. The van der Waals surface area contributed by atoms with Crippen molar-refractivity contribution in [3.05, 3.63) is 58.6 Å². The fraction of sp³-hybridized carbons (Fsp3) is 0.417. The molecule has 6 nitrogen and oxygen atoms in total. The van der Waals surface area contributed by atoms with Gasteiger partial charge in [-0.25, -0.2) is 5.43 Å². The number of amides is 1. The SMILES string of the molecule is CCOc1cc(/C=N\NC(=O)CNC2CCCCC2)ccc1OCc1ccccc1Cl. The number of hydrogen-bond acceptors (Lipinski definition) is 5. The van der Waals surface area contributed by atoms with E-state index in [2.05, 4.69) is 15.8 Å². The van der Waals surface area contributed by atoms with Gasteiger partial charge in [0.15, 0.2) is 11.5 Å². The monoisotopic (exact) mass is 443 g/mol. The molecule has 3 rings (SSSR count). The Morgan fingerprint density at radius 3 is 2.71 bits per heavy atom. The molecule has 0 atom stereocenters.